The molecule has 0 fully saturated rings. The molecule has 17 heavy (non-hydrogen) atoms. The predicted octanol–water partition coefficient (Wildman–Crippen LogP) is 2.09. The summed E-state index contributed by atoms with van der Waals surface area (Å²) in [7, 11) is 0. The third-order valence-electron chi connectivity index (χ3n) is 2.18. The summed E-state index contributed by atoms with van der Waals surface area (Å²) in [6.07, 6.45) is 1.39. The number of nitrogens with zero attached hydrogens (tertiary/aromatic N) is 1. The van der Waals surface area contributed by atoms with Crippen molar-refractivity contribution in [3.05, 3.63) is 58.3 Å². The van der Waals surface area contributed by atoms with Crippen LogP contribution in [0.25, 0.3) is 0 Å². The molecule has 0 saturated heterocycles. The number of alkyl halides is 1. The average molecular weight is 251 g/mol. The molecule has 0 aliphatic heterocycles. The molecule has 0 amide bonds. The normalized spacial score (nSPS) is 10.2. The Labute approximate surface area is 103 Å². The highest BCUT2D eigenvalue weighted by Gasteiger charge is 2.03. The Morgan fingerprint density at radius 1 is 1.29 bits per heavy atom. The molecule has 2 rings (SSSR count). The van der Waals surface area contributed by atoms with E-state index < -0.39 is 0 Å². The van der Waals surface area contributed by atoms with Crippen molar-refractivity contribution < 1.29 is 4.74 Å². The van der Waals surface area contributed by atoms with Gasteiger partial charge in [-0.1, -0.05) is 30.3 Å². The summed E-state index contributed by atoms with van der Waals surface area (Å²) in [5.41, 5.74) is 0.680. The molecule has 4 nitrogen and oxygen atoms in total. The lowest BCUT2D eigenvalue weighted by Gasteiger charge is -2.05. The van der Waals surface area contributed by atoms with Gasteiger partial charge < -0.3 is 9.72 Å². The summed E-state index contributed by atoms with van der Waals surface area (Å²) in [5.74, 6) is 0.806. The van der Waals surface area contributed by atoms with E-state index in [1.165, 1.54) is 6.20 Å². The maximum absolute atomic E-state index is 11.5. The highest BCUT2D eigenvalue weighted by Crippen LogP contribution is 2.06. The van der Waals surface area contributed by atoms with Crippen molar-refractivity contribution in [2.75, 3.05) is 0 Å². The molecule has 88 valence electrons. The zero-order valence-electron chi connectivity index (χ0n) is 9.02. The molecule has 0 unspecified atom stereocenters. The molecular formula is C12H11ClN2O2. The topological polar surface area (TPSA) is 55.0 Å². The second-order valence-electron chi connectivity index (χ2n) is 3.43. The predicted molar refractivity (Wildman–Crippen MR) is 65.2 cm³/mol. The van der Waals surface area contributed by atoms with Gasteiger partial charge in [0.25, 0.3) is 5.56 Å². The second kappa shape index (κ2) is 5.50. The Balaban J connectivity index is 2.07. The van der Waals surface area contributed by atoms with Crippen molar-refractivity contribution in [2.45, 2.75) is 12.5 Å². The number of halogens is 1. The smallest absolute Gasteiger partial charge is 0.293 e. The molecule has 0 atom stereocenters. The first kappa shape index (κ1) is 11.7. The maximum atomic E-state index is 11.5. The van der Waals surface area contributed by atoms with Crippen LogP contribution >= 0.6 is 11.6 Å². The highest BCUT2D eigenvalue weighted by atomic mass is 35.5. The summed E-state index contributed by atoms with van der Waals surface area (Å²) in [5, 5.41) is 0. The number of aromatic amines is 1. The number of benzene rings is 1. The van der Waals surface area contributed by atoms with E-state index in [1.807, 2.05) is 30.3 Å². The molecule has 5 heteroatoms. The standard InChI is InChI=1S/C12H11ClN2O2/c13-6-11-14-7-10(12(16)15-11)17-8-9-4-2-1-3-5-9/h1-5,7H,6,8H2,(H,14,15,16). The van der Waals surface area contributed by atoms with Crippen LogP contribution in [0.5, 0.6) is 5.75 Å². The van der Waals surface area contributed by atoms with Gasteiger partial charge in [0.2, 0.25) is 5.75 Å². The van der Waals surface area contributed by atoms with Crippen molar-refractivity contribution in [2.24, 2.45) is 0 Å². The SMILES string of the molecule is O=c1[nH]c(CCl)ncc1OCc1ccccc1. The molecule has 0 radical (unpaired) electrons. The van der Waals surface area contributed by atoms with Gasteiger partial charge in [-0.25, -0.2) is 4.98 Å². The molecular weight excluding hydrogens is 240 g/mol. The van der Waals surface area contributed by atoms with E-state index in [0.29, 0.717) is 12.4 Å². The van der Waals surface area contributed by atoms with Gasteiger partial charge in [-0.3, -0.25) is 4.79 Å². The third kappa shape index (κ3) is 3.07. The van der Waals surface area contributed by atoms with E-state index in [9.17, 15) is 4.79 Å². The van der Waals surface area contributed by atoms with Crippen LogP contribution in [0.3, 0.4) is 0 Å². The monoisotopic (exact) mass is 250 g/mol. The van der Waals surface area contributed by atoms with Gasteiger partial charge in [0.15, 0.2) is 0 Å². The Kier molecular flexibility index (Phi) is 3.77. The van der Waals surface area contributed by atoms with Crippen LogP contribution in [0.15, 0.2) is 41.3 Å². The van der Waals surface area contributed by atoms with E-state index in [2.05, 4.69) is 9.97 Å². The minimum absolute atomic E-state index is 0.175. The first-order valence-corrected chi connectivity index (χ1v) is 5.64. The van der Waals surface area contributed by atoms with E-state index >= 15 is 0 Å². The fourth-order valence-electron chi connectivity index (χ4n) is 1.33. The third-order valence-corrected chi connectivity index (χ3v) is 2.44. The fourth-order valence-corrected chi connectivity index (χ4v) is 1.46. The number of aromatic nitrogens is 2. The summed E-state index contributed by atoms with van der Waals surface area (Å²) >= 11 is 5.55. The number of H-pyrrole nitrogens is 1. The van der Waals surface area contributed by atoms with Gasteiger partial charge >= 0.3 is 0 Å². The molecule has 2 aromatic rings. The van der Waals surface area contributed by atoms with Crippen LogP contribution in [0.4, 0.5) is 0 Å². The van der Waals surface area contributed by atoms with Crippen LogP contribution in [0.1, 0.15) is 11.4 Å². The first-order chi connectivity index (χ1) is 8.29. The quantitative estimate of drug-likeness (QED) is 0.846. The van der Waals surface area contributed by atoms with E-state index in [4.69, 9.17) is 16.3 Å². The van der Waals surface area contributed by atoms with Gasteiger partial charge in [0, 0.05) is 0 Å². The lowest BCUT2D eigenvalue weighted by Crippen LogP contribution is -2.14. The van der Waals surface area contributed by atoms with Crippen molar-refractivity contribution in [1.29, 1.82) is 0 Å². The van der Waals surface area contributed by atoms with Crippen LogP contribution in [0, 0.1) is 0 Å². The minimum atomic E-state index is -0.313. The summed E-state index contributed by atoms with van der Waals surface area (Å²) in [4.78, 5) is 18.0. The van der Waals surface area contributed by atoms with Crippen LogP contribution < -0.4 is 10.3 Å². The van der Waals surface area contributed by atoms with Crippen molar-refractivity contribution in [3.63, 3.8) is 0 Å². The van der Waals surface area contributed by atoms with Gasteiger partial charge in [0.1, 0.15) is 12.4 Å². The molecule has 1 aromatic carbocycles. The molecule has 0 aliphatic carbocycles. The van der Waals surface area contributed by atoms with E-state index in [1.54, 1.807) is 0 Å². The summed E-state index contributed by atoms with van der Waals surface area (Å²) in [6.45, 7) is 0.339. The number of hydrogen-bond acceptors (Lipinski definition) is 3. The zero-order valence-corrected chi connectivity index (χ0v) is 9.78. The first-order valence-electron chi connectivity index (χ1n) is 5.10. The lowest BCUT2D eigenvalue weighted by molar-refractivity contribution is 0.300. The van der Waals surface area contributed by atoms with Gasteiger partial charge in [-0.05, 0) is 5.56 Å². The average Bonchev–Trinajstić information content (AvgIpc) is 2.38. The number of hydrogen-bond donors (Lipinski definition) is 1. The minimum Gasteiger partial charge on any atom is -0.482 e. The molecule has 1 aromatic heterocycles. The highest BCUT2D eigenvalue weighted by molar-refractivity contribution is 6.16. The van der Waals surface area contributed by atoms with Crippen molar-refractivity contribution >= 4 is 11.6 Å². The number of ether oxygens (including phenoxy) is 1. The van der Waals surface area contributed by atoms with Gasteiger partial charge in [0.05, 0.1) is 12.1 Å². The Morgan fingerprint density at radius 2 is 2.06 bits per heavy atom. The van der Waals surface area contributed by atoms with Crippen LogP contribution in [-0.2, 0) is 12.5 Å². The van der Waals surface area contributed by atoms with E-state index in [0.717, 1.165) is 5.56 Å². The Morgan fingerprint density at radius 3 is 2.71 bits per heavy atom. The molecule has 1 heterocycles. The molecule has 0 spiro atoms. The maximum Gasteiger partial charge on any atom is 0.293 e. The van der Waals surface area contributed by atoms with E-state index in [-0.39, 0.29) is 17.2 Å². The summed E-state index contributed by atoms with van der Waals surface area (Å²) < 4.78 is 5.37. The van der Waals surface area contributed by atoms with Crippen LogP contribution in [0.2, 0.25) is 0 Å². The molecule has 0 saturated carbocycles. The molecule has 0 bridgehead atoms. The van der Waals surface area contributed by atoms with Crippen LogP contribution in [-0.4, -0.2) is 9.97 Å². The molecule has 0 aliphatic rings. The van der Waals surface area contributed by atoms with Gasteiger partial charge in [-0.2, -0.15) is 0 Å². The number of rotatable bonds is 4. The fraction of sp³-hybridized carbons (Fsp3) is 0.167. The Bertz CT molecular complexity index is 540. The van der Waals surface area contributed by atoms with Crippen molar-refractivity contribution in [1.82, 2.24) is 9.97 Å². The largest absolute Gasteiger partial charge is 0.482 e. The second-order valence-corrected chi connectivity index (χ2v) is 3.70. The Hall–Kier alpha value is -1.81. The lowest BCUT2D eigenvalue weighted by atomic mass is 10.2. The number of nitrogens with one attached hydrogen (secondary N) is 1. The van der Waals surface area contributed by atoms with Crippen molar-refractivity contribution in [3.8, 4) is 5.75 Å². The van der Waals surface area contributed by atoms with Gasteiger partial charge in [-0.15, -0.1) is 11.6 Å². The summed E-state index contributed by atoms with van der Waals surface area (Å²) in [6, 6.07) is 9.60. The molecule has 1 N–H and O–H groups in total. The zero-order chi connectivity index (χ0) is 12.1.